The smallest absolute Gasteiger partial charge is 0.285 e. The van der Waals surface area contributed by atoms with Crippen molar-refractivity contribution in [2.45, 2.75) is 97.9 Å². The van der Waals surface area contributed by atoms with Gasteiger partial charge in [-0.3, -0.25) is 0 Å². The maximum absolute atomic E-state index is 14.1. The van der Waals surface area contributed by atoms with E-state index >= 15 is 0 Å². The van der Waals surface area contributed by atoms with E-state index in [9.17, 15) is 17.6 Å². The van der Waals surface area contributed by atoms with Crippen molar-refractivity contribution in [3.05, 3.63) is 34.9 Å². The lowest BCUT2D eigenvalue weighted by Crippen LogP contribution is -2.46. The quantitative estimate of drug-likeness (QED) is 0.0732. The standard InChI is InChI=1S/C25H40F4O3/c1-5-9-10-11-12-13-16-20(25(30-6-2,31-7-3)32-8-4)17-14-15-19-18-21(26)23(28)24(29)22(19)27/h18,20H,5-17H2,1-4H3. The second kappa shape index (κ2) is 15.6. The molecule has 3 nitrogen and oxygen atoms in total. The van der Waals surface area contributed by atoms with Gasteiger partial charge in [0.25, 0.3) is 5.97 Å². The zero-order valence-corrected chi connectivity index (χ0v) is 20.1. The Morgan fingerprint density at radius 3 is 1.78 bits per heavy atom. The maximum Gasteiger partial charge on any atom is 0.285 e. The van der Waals surface area contributed by atoms with Crippen molar-refractivity contribution in [1.82, 2.24) is 0 Å². The topological polar surface area (TPSA) is 27.7 Å². The molecule has 0 N–H and O–H groups in total. The Kier molecular flexibility index (Phi) is 14.1. The summed E-state index contributed by atoms with van der Waals surface area (Å²) < 4.78 is 72.3. The summed E-state index contributed by atoms with van der Waals surface area (Å²) >= 11 is 0. The number of hydrogen-bond acceptors (Lipinski definition) is 3. The van der Waals surface area contributed by atoms with Crippen LogP contribution in [0.25, 0.3) is 0 Å². The maximum atomic E-state index is 14.1. The first-order chi connectivity index (χ1) is 15.4. The van der Waals surface area contributed by atoms with E-state index in [4.69, 9.17) is 14.2 Å². The van der Waals surface area contributed by atoms with E-state index in [0.717, 1.165) is 31.7 Å². The van der Waals surface area contributed by atoms with Gasteiger partial charge in [-0.1, -0.05) is 45.4 Å². The Hall–Kier alpha value is -1.18. The van der Waals surface area contributed by atoms with Crippen molar-refractivity contribution in [2.75, 3.05) is 19.8 Å². The van der Waals surface area contributed by atoms with E-state index in [1.165, 1.54) is 19.3 Å². The molecule has 0 aliphatic rings. The van der Waals surface area contributed by atoms with Crippen LogP contribution in [-0.4, -0.2) is 25.8 Å². The van der Waals surface area contributed by atoms with Crippen molar-refractivity contribution in [3.8, 4) is 0 Å². The highest BCUT2D eigenvalue weighted by Gasteiger charge is 2.41. The second-order valence-corrected chi connectivity index (χ2v) is 8.01. The van der Waals surface area contributed by atoms with Crippen LogP contribution in [0.15, 0.2) is 6.07 Å². The minimum absolute atomic E-state index is 0.0768. The van der Waals surface area contributed by atoms with Gasteiger partial charge in [0.2, 0.25) is 0 Å². The van der Waals surface area contributed by atoms with Crippen LogP contribution in [0.1, 0.15) is 91.0 Å². The monoisotopic (exact) mass is 464 g/mol. The Balaban J connectivity index is 2.91. The molecule has 0 saturated heterocycles. The molecule has 0 amide bonds. The largest absolute Gasteiger partial charge is 0.328 e. The molecule has 0 fully saturated rings. The van der Waals surface area contributed by atoms with E-state index in [1.54, 1.807) is 0 Å². The Morgan fingerprint density at radius 1 is 0.688 bits per heavy atom. The van der Waals surface area contributed by atoms with E-state index in [-0.39, 0.29) is 17.9 Å². The minimum atomic E-state index is -1.78. The lowest BCUT2D eigenvalue weighted by molar-refractivity contribution is -0.403. The second-order valence-electron chi connectivity index (χ2n) is 8.01. The van der Waals surface area contributed by atoms with Crippen LogP contribution in [0.4, 0.5) is 17.6 Å². The van der Waals surface area contributed by atoms with Crippen LogP contribution < -0.4 is 0 Å². The fourth-order valence-corrected chi connectivity index (χ4v) is 4.09. The van der Waals surface area contributed by atoms with E-state index in [2.05, 4.69) is 6.92 Å². The van der Waals surface area contributed by atoms with Crippen LogP contribution in [0.5, 0.6) is 0 Å². The van der Waals surface area contributed by atoms with Crippen LogP contribution in [-0.2, 0) is 20.6 Å². The average Bonchev–Trinajstić information content (AvgIpc) is 2.77. The number of rotatable bonds is 18. The Bertz CT molecular complexity index is 638. The molecule has 0 aliphatic carbocycles. The van der Waals surface area contributed by atoms with E-state index in [0.29, 0.717) is 32.7 Å². The molecule has 7 heteroatoms. The summed E-state index contributed by atoms with van der Waals surface area (Å²) in [7, 11) is 0. The molecule has 1 unspecified atom stereocenters. The molecule has 186 valence electrons. The lowest BCUT2D eigenvalue weighted by atomic mass is 9.91. The highest BCUT2D eigenvalue weighted by Crippen LogP contribution is 2.35. The van der Waals surface area contributed by atoms with Gasteiger partial charge in [-0.25, -0.2) is 17.6 Å². The van der Waals surface area contributed by atoms with Gasteiger partial charge in [-0.05, 0) is 58.1 Å². The first-order valence-corrected chi connectivity index (χ1v) is 12.1. The third-order valence-electron chi connectivity index (χ3n) is 5.62. The molecular weight excluding hydrogens is 424 g/mol. The number of halogens is 4. The number of benzene rings is 1. The average molecular weight is 465 g/mol. The van der Waals surface area contributed by atoms with Gasteiger partial charge in [0.05, 0.1) is 0 Å². The van der Waals surface area contributed by atoms with Crippen molar-refractivity contribution >= 4 is 0 Å². The molecule has 1 aromatic rings. The van der Waals surface area contributed by atoms with Crippen molar-refractivity contribution in [1.29, 1.82) is 0 Å². The predicted molar refractivity (Wildman–Crippen MR) is 118 cm³/mol. The van der Waals surface area contributed by atoms with Crippen molar-refractivity contribution in [2.24, 2.45) is 5.92 Å². The third kappa shape index (κ3) is 8.64. The van der Waals surface area contributed by atoms with Crippen molar-refractivity contribution < 1.29 is 31.8 Å². The summed E-state index contributed by atoms with van der Waals surface area (Å²) in [6.45, 7) is 8.98. The number of ether oxygens (including phenoxy) is 3. The zero-order chi connectivity index (χ0) is 24.0. The fraction of sp³-hybridized carbons (Fsp3) is 0.760. The highest BCUT2D eigenvalue weighted by molar-refractivity contribution is 5.21. The van der Waals surface area contributed by atoms with Gasteiger partial charge in [0, 0.05) is 25.7 Å². The molecule has 0 aromatic heterocycles. The first kappa shape index (κ1) is 28.9. The van der Waals surface area contributed by atoms with Gasteiger partial charge in [0.1, 0.15) is 0 Å². The summed E-state index contributed by atoms with van der Waals surface area (Å²) in [4.78, 5) is 0. The molecule has 0 radical (unpaired) electrons. The summed E-state index contributed by atoms with van der Waals surface area (Å²) in [6.07, 6.45) is 8.67. The summed E-state index contributed by atoms with van der Waals surface area (Å²) in [5.41, 5.74) is -0.172. The zero-order valence-electron chi connectivity index (χ0n) is 20.1. The Morgan fingerprint density at radius 2 is 1.22 bits per heavy atom. The number of unbranched alkanes of at least 4 members (excludes halogenated alkanes) is 5. The molecule has 0 aliphatic heterocycles. The molecule has 1 aromatic carbocycles. The van der Waals surface area contributed by atoms with Gasteiger partial charge >= 0.3 is 0 Å². The molecular formula is C25H40F4O3. The summed E-state index contributed by atoms with van der Waals surface area (Å²) in [5.74, 6) is -7.60. The molecule has 1 atom stereocenters. The lowest BCUT2D eigenvalue weighted by Gasteiger charge is -2.39. The number of aryl methyl sites for hydroxylation is 1. The van der Waals surface area contributed by atoms with Gasteiger partial charge in [0.15, 0.2) is 23.3 Å². The molecule has 0 spiro atoms. The van der Waals surface area contributed by atoms with E-state index < -0.39 is 29.2 Å². The Labute approximate surface area is 190 Å². The SMILES string of the molecule is CCCCCCCCC(CCCc1cc(F)c(F)c(F)c1F)C(OCC)(OCC)OCC. The van der Waals surface area contributed by atoms with Gasteiger partial charge in [-0.15, -0.1) is 0 Å². The third-order valence-corrected chi connectivity index (χ3v) is 5.62. The molecule has 1 rings (SSSR count). The number of hydrogen-bond donors (Lipinski definition) is 0. The minimum Gasteiger partial charge on any atom is -0.328 e. The van der Waals surface area contributed by atoms with Gasteiger partial charge in [-0.2, -0.15) is 0 Å². The normalized spacial score (nSPS) is 13.0. The molecule has 32 heavy (non-hydrogen) atoms. The van der Waals surface area contributed by atoms with Crippen LogP contribution in [0.2, 0.25) is 0 Å². The molecule has 0 saturated carbocycles. The van der Waals surface area contributed by atoms with Crippen LogP contribution in [0.3, 0.4) is 0 Å². The summed E-state index contributed by atoms with van der Waals surface area (Å²) in [5, 5.41) is 0. The predicted octanol–water partition coefficient (Wildman–Crippen LogP) is 7.70. The van der Waals surface area contributed by atoms with Crippen LogP contribution in [0, 0.1) is 29.2 Å². The summed E-state index contributed by atoms with van der Waals surface area (Å²) in [6, 6.07) is 0.733. The van der Waals surface area contributed by atoms with Crippen molar-refractivity contribution in [3.63, 3.8) is 0 Å². The fourth-order valence-electron chi connectivity index (χ4n) is 4.09. The highest BCUT2D eigenvalue weighted by atomic mass is 19.2. The molecule has 0 bridgehead atoms. The first-order valence-electron chi connectivity index (χ1n) is 12.1. The van der Waals surface area contributed by atoms with Crippen LogP contribution >= 0.6 is 0 Å². The van der Waals surface area contributed by atoms with E-state index in [1.807, 2.05) is 20.8 Å². The molecule has 0 heterocycles. The van der Waals surface area contributed by atoms with Gasteiger partial charge < -0.3 is 14.2 Å².